The number of nitrogens with zero attached hydrogens (tertiary/aromatic N) is 2. The van der Waals surface area contributed by atoms with Crippen LogP contribution in [0.15, 0.2) is 53.5 Å². The number of aromatic nitrogens is 2. The molecule has 3 rings (SSSR count). The molecule has 3 N–H and O–H groups in total. The molecule has 0 amide bonds. The largest absolute Gasteiger partial charge is 0.356 e. The van der Waals surface area contributed by atoms with Gasteiger partial charge in [-0.2, -0.15) is 0 Å². The van der Waals surface area contributed by atoms with Crippen LogP contribution < -0.4 is 10.6 Å². The Morgan fingerprint density at radius 1 is 1.15 bits per heavy atom. The molecule has 1 aromatic heterocycles. The quantitative estimate of drug-likeness (QED) is 0.472. The molecule has 3 aromatic rings. The van der Waals surface area contributed by atoms with Crippen LogP contribution in [0.3, 0.4) is 0 Å². The van der Waals surface area contributed by atoms with Crippen molar-refractivity contribution >= 4 is 17.0 Å². The number of imidazole rings is 1. The summed E-state index contributed by atoms with van der Waals surface area (Å²) < 4.78 is 0. The van der Waals surface area contributed by atoms with E-state index >= 15 is 0 Å². The Morgan fingerprint density at radius 3 is 2.77 bits per heavy atom. The molecule has 1 heterocycles. The van der Waals surface area contributed by atoms with Crippen LogP contribution >= 0.6 is 0 Å². The molecule has 5 nitrogen and oxygen atoms in total. The first-order valence-electron chi connectivity index (χ1n) is 9.10. The summed E-state index contributed by atoms with van der Waals surface area (Å²) in [5.41, 5.74) is 4.73. The van der Waals surface area contributed by atoms with Crippen molar-refractivity contribution in [3.63, 3.8) is 0 Å². The molecule has 136 valence electrons. The molecule has 1 atom stereocenters. The normalized spacial score (nSPS) is 13.0. The highest BCUT2D eigenvalue weighted by atomic mass is 15.2. The second kappa shape index (κ2) is 8.52. The van der Waals surface area contributed by atoms with Gasteiger partial charge in [0.25, 0.3) is 0 Å². The summed E-state index contributed by atoms with van der Waals surface area (Å²) in [6.45, 7) is 5.97. The Balaban J connectivity index is 1.47. The van der Waals surface area contributed by atoms with Gasteiger partial charge in [-0.15, -0.1) is 0 Å². The fourth-order valence-electron chi connectivity index (χ4n) is 2.99. The summed E-state index contributed by atoms with van der Waals surface area (Å²) in [6, 6.07) is 16.8. The van der Waals surface area contributed by atoms with Crippen molar-refractivity contribution < 1.29 is 0 Å². The third kappa shape index (κ3) is 4.63. The molecule has 5 heteroatoms. The minimum Gasteiger partial charge on any atom is -0.356 e. The van der Waals surface area contributed by atoms with E-state index in [2.05, 4.69) is 63.7 Å². The maximum atomic E-state index is 4.60. The highest BCUT2D eigenvalue weighted by molar-refractivity contribution is 5.79. The van der Waals surface area contributed by atoms with Gasteiger partial charge in [-0.25, -0.2) is 4.98 Å². The average molecular weight is 349 g/mol. The molecule has 0 spiro atoms. The Morgan fingerprint density at radius 2 is 2.00 bits per heavy atom. The number of hydrogen-bond acceptors (Lipinski definition) is 2. The lowest BCUT2D eigenvalue weighted by atomic mass is 9.99. The number of aryl methyl sites for hydroxylation is 1. The SMILES string of the molecule is CN=C(NCCc1nc2ccccc2[nH]1)NCC(C)c1cccc(C)c1. The second-order valence-electron chi connectivity index (χ2n) is 6.65. The minimum absolute atomic E-state index is 0.420. The van der Waals surface area contributed by atoms with Crippen LogP contribution in [-0.4, -0.2) is 36.1 Å². The van der Waals surface area contributed by atoms with Crippen molar-refractivity contribution in [3.05, 3.63) is 65.5 Å². The predicted octanol–water partition coefficient (Wildman–Crippen LogP) is 3.38. The Labute approximate surface area is 155 Å². The van der Waals surface area contributed by atoms with Crippen LogP contribution in [0.2, 0.25) is 0 Å². The van der Waals surface area contributed by atoms with Gasteiger partial charge >= 0.3 is 0 Å². The number of rotatable bonds is 6. The molecule has 2 aromatic carbocycles. The summed E-state index contributed by atoms with van der Waals surface area (Å²) in [5, 5.41) is 6.77. The Hall–Kier alpha value is -2.82. The molecule has 1 unspecified atom stereocenters. The van der Waals surface area contributed by atoms with Gasteiger partial charge in [0, 0.05) is 26.6 Å². The van der Waals surface area contributed by atoms with Gasteiger partial charge in [-0.1, -0.05) is 48.9 Å². The fraction of sp³-hybridized carbons (Fsp3) is 0.333. The Kier molecular flexibility index (Phi) is 5.89. The van der Waals surface area contributed by atoms with Crippen LogP contribution in [0.1, 0.15) is 29.8 Å². The molecular formula is C21H27N5. The number of aliphatic imine (C=N–C) groups is 1. The zero-order chi connectivity index (χ0) is 18.4. The van der Waals surface area contributed by atoms with Crippen LogP contribution in [0.25, 0.3) is 11.0 Å². The van der Waals surface area contributed by atoms with Gasteiger partial charge < -0.3 is 15.6 Å². The first-order chi connectivity index (χ1) is 12.7. The third-order valence-electron chi connectivity index (χ3n) is 4.50. The zero-order valence-corrected chi connectivity index (χ0v) is 15.7. The first-order valence-corrected chi connectivity index (χ1v) is 9.10. The highest BCUT2D eigenvalue weighted by Gasteiger charge is 2.07. The van der Waals surface area contributed by atoms with Gasteiger partial charge in [0.05, 0.1) is 11.0 Å². The zero-order valence-electron chi connectivity index (χ0n) is 15.7. The molecule has 0 aliphatic heterocycles. The van der Waals surface area contributed by atoms with E-state index in [4.69, 9.17) is 0 Å². The van der Waals surface area contributed by atoms with E-state index in [0.29, 0.717) is 5.92 Å². The number of nitrogens with one attached hydrogen (secondary N) is 3. The molecule has 0 aliphatic carbocycles. The van der Waals surface area contributed by atoms with Crippen molar-refractivity contribution in [2.45, 2.75) is 26.2 Å². The van der Waals surface area contributed by atoms with Gasteiger partial charge in [-0.3, -0.25) is 4.99 Å². The maximum Gasteiger partial charge on any atom is 0.191 e. The Bertz CT molecular complexity index is 848. The molecular weight excluding hydrogens is 322 g/mol. The lowest BCUT2D eigenvalue weighted by Crippen LogP contribution is -2.40. The van der Waals surface area contributed by atoms with Crippen molar-refractivity contribution in [2.24, 2.45) is 4.99 Å². The van der Waals surface area contributed by atoms with E-state index < -0.39 is 0 Å². The van der Waals surface area contributed by atoms with Crippen molar-refractivity contribution in [2.75, 3.05) is 20.1 Å². The van der Waals surface area contributed by atoms with E-state index in [1.807, 2.05) is 24.3 Å². The summed E-state index contributed by atoms with van der Waals surface area (Å²) in [6.07, 6.45) is 0.822. The molecule has 0 saturated heterocycles. The smallest absolute Gasteiger partial charge is 0.191 e. The van der Waals surface area contributed by atoms with E-state index in [1.54, 1.807) is 7.05 Å². The van der Waals surface area contributed by atoms with Crippen molar-refractivity contribution in [1.82, 2.24) is 20.6 Å². The number of aromatic amines is 1. The molecule has 0 bridgehead atoms. The number of para-hydroxylation sites is 2. The number of H-pyrrole nitrogens is 1. The summed E-state index contributed by atoms with van der Waals surface area (Å²) in [7, 11) is 1.80. The van der Waals surface area contributed by atoms with Crippen LogP contribution in [0.4, 0.5) is 0 Å². The molecule has 0 aliphatic rings. The maximum absolute atomic E-state index is 4.60. The number of guanidine groups is 1. The number of hydrogen-bond donors (Lipinski definition) is 3. The summed E-state index contributed by atoms with van der Waals surface area (Å²) in [5.74, 6) is 2.23. The fourth-order valence-corrected chi connectivity index (χ4v) is 2.99. The van der Waals surface area contributed by atoms with Crippen LogP contribution in [-0.2, 0) is 6.42 Å². The second-order valence-corrected chi connectivity index (χ2v) is 6.65. The van der Waals surface area contributed by atoms with Gasteiger partial charge in [0.15, 0.2) is 5.96 Å². The highest BCUT2D eigenvalue weighted by Crippen LogP contribution is 2.15. The lowest BCUT2D eigenvalue weighted by molar-refractivity contribution is 0.695. The average Bonchev–Trinajstić information content (AvgIpc) is 3.07. The van der Waals surface area contributed by atoms with Crippen molar-refractivity contribution in [3.8, 4) is 0 Å². The van der Waals surface area contributed by atoms with Gasteiger partial charge in [0.2, 0.25) is 0 Å². The van der Waals surface area contributed by atoms with E-state index in [-0.39, 0.29) is 0 Å². The lowest BCUT2D eigenvalue weighted by Gasteiger charge is -2.16. The van der Waals surface area contributed by atoms with Crippen LogP contribution in [0.5, 0.6) is 0 Å². The monoisotopic (exact) mass is 349 g/mol. The van der Waals surface area contributed by atoms with E-state index in [9.17, 15) is 0 Å². The predicted molar refractivity (Wildman–Crippen MR) is 109 cm³/mol. The minimum atomic E-state index is 0.420. The topological polar surface area (TPSA) is 65.1 Å². The number of benzene rings is 2. The van der Waals surface area contributed by atoms with E-state index in [1.165, 1.54) is 11.1 Å². The van der Waals surface area contributed by atoms with Gasteiger partial charge in [-0.05, 0) is 30.5 Å². The third-order valence-corrected chi connectivity index (χ3v) is 4.50. The molecule has 0 radical (unpaired) electrons. The van der Waals surface area contributed by atoms with E-state index in [0.717, 1.165) is 42.3 Å². The summed E-state index contributed by atoms with van der Waals surface area (Å²) in [4.78, 5) is 12.3. The standard InChI is InChI=1S/C21H27N5/c1-15-7-6-8-17(13-15)16(2)14-24-21(22-3)23-12-11-20-25-18-9-4-5-10-19(18)26-20/h4-10,13,16H,11-12,14H2,1-3H3,(H,25,26)(H2,22,23,24). The van der Waals surface area contributed by atoms with Crippen molar-refractivity contribution in [1.29, 1.82) is 0 Å². The molecule has 26 heavy (non-hydrogen) atoms. The van der Waals surface area contributed by atoms with Crippen LogP contribution in [0, 0.1) is 6.92 Å². The first kappa shape index (κ1) is 18.0. The number of fused-ring (bicyclic) bond motifs is 1. The summed E-state index contributed by atoms with van der Waals surface area (Å²) >= 11 is 0. The van der Waals surface area contributed by atoms with Gasteiger partial charge in [0.1, 0.15) is 5.82 Å². The molecule has 0 saturated carbocycles. The molecule has 0 fully saturated rings.